The molecule has 2 rings (SSSR count). The molecule has 0 spiro atoms. The number of alkyl halides is 5. The smallest absolute Gasteiger partial charge is 0.435 e. The predicted molar refractivity (Wildman–Crippen MR) is 63.0 cm³/mol. The van der Waals surface area contributed by atoms with E-state index in [1.165, 1.54) is 24.3 Å². The first-order valence-electron chi connectivity index (χ1n) is 5.61. The molecule has 0 aliphatic heterocycles. The van der Waals surface area contributed by atoms with Crippen molar-refractivity contribution in [1.82, 2.24) is 4.98 Å². The van der Waals surface area contributed by atoms with Crippen LogP contribution < -0.4 is 9.47 Å². The number of para-hydroxylation sites is 1. The third kappa shape index (κ3) is 4.30. The minimum absolute atomic E-state index is 0.00883. The zero-order valence-corrected chi connectivity index (χ0v) is 10.3. The second-order valence-corrected chi connectivity index (χ2v) is 3.80. The van der Waals surface area contributed by atoms with Crippen LogP contribution in [0.4, 0.5) is 22.0 Å². The number of halogens is 5. The fraction of sp³-hybridized carbons (Fsp3) is 0.154. The summed E-state index contributed by atoms with van der Waals surface area (Å²) >= 11 is 0. The van der Waals surface area contributed by atoms with Crippen molar-refractivity contribution in [3.05, 3.63) is 42.6 Å². The van der Waals surface area contributed by atoms with E-state index < -0.39 is 18.7 Å². The van der Waals surface area contributed by atoms with Gasteiger partial charge in [-0.05, 0) is 18.2 Å². The topological polar surface area (TPSA) is 31.4 Å². The molecule has 0 radical (unpaired) electrons. The van der Waals surface area contributed by atoms with E-state index in [9.17, 15) is 22.0 Å². The van der Waals surface area contributed by atoms with Gasteiger partial charge < -0.3 is 9.47 Å². The van der Waals surface area contributed by atoms with Gasteiger partial charge in [-0.25, -0.2) is 0 Å². The molecule has 0 bridgehead atoms. The van der Waals surface area contributed by atoms with Crippen LogP contribution in [0.15, 0.2) is 42.6 Å². The van der Waals surface area contributed by atoms with Gasteiger partial charge >= 0.3 is 13.0 Å². The zero-order valence-electron chi connectivity index (χ0n) is 10.3. The molecule has 2 aromatic rings. The van der Waals surface area contributed by atoms with E-state index in [0.29, 0.717) is 0 Å². The Labute approximate surface area is 115 Å². The highest BCUT2D eigenvalue weighted by atomic mass is 19.4. The van der Waals surface area contributed by atoms with Crippen LogP contribution in [0, 0.1) is 0 Å². The highest BCUT2D eigenvalue weighted by Crippen LogP contribution is 2.33. The average molecular weight is 305 g/mol. The first-order chi connectivity index (χ1) is 9.85. The number of hydrogen-bond acceptors (Lipinski definition) is 3. The second kappa shape index (κ2) is 5.94. The Morgan fingerprint density at radius 3 is 2.43 bits per heavy atom. The molecule has 0 aliphatic rings. The van der Waals surface area contributed by atoms with Crippen LogP contribution in [0.5, 0.6) is 11.5 Å². The van der Waals surface area contributed by atoms with E-state index in [0.717, 1.165) is 18.3 Å². The Morgan fingerprint density at radius 1 is 1.05 bits per heavy atom. The number of benzene rings is 1. The van der Waals surface area contributed by atoms with Gasteiger partial charge in [-0.3, -0.25) is 4.98 Å². The Morgan fingerprint density at radius 2 is 1.76 bits per heavy atom. The van der Waals surface area contributed by atoms with Crippen molar-refractivity contribution in [1.29, 1.82) is 0 Å². The van der Waals surface area contributed by atoms with Gasteiger partial charge in [0.15, 0.2) is 0 Å². The third-order valence-electron chi connectivity index (χ3n) is 2.35. The molecular formula is C13H8F5NO2. The standard InChI is InChI=1S/C13H8F5NO2/c14-12(15)20-8-5-6-19-10(7-8)9-3-1-2-4-11(9)21-13(16,17)18/h1-7,12H. The molecule has 1 aromatic heterocycles. The minimum Gasteiger partial charge on any atom is -0.435 e. The maximum Gasteiger partial charge on any atom is 0.573 e. The fourth-order valence-corrected chi connectivity index (χ4v) is 1.63. The van der Waals surface area contributed by atoms with Crippen LogP contribution in [0.25, 0.3) is 11.3 Å². The molecule has 0 unspecified atom stereocenters. The summed E-state index contributed by atoms with van der Waals surface area (Å²) < 4.78 is 69.3. The normalized spacial score (nSPS) is 11.5. The van der Waals surface area contributed by atoms with Crippen molar-refractivity contribution in [3.63, 3.8) is 0 Å². The summed E-state index contributed by atoms with van der Waals surface area (Å²) in [7, 11) is 0. The summed E-state index contributed by atoms with van der Waals surface area (Å²) in [4.78, 5) is 3.84. The summed E-state index contributed by atoms with van der Waals surface area (Å²) in [5.41, 5.74) is 0.0301. The molecule has 21 heavy (non-hydrogen) atoms. The van der Waals surface area contributed by atoms with Crippen LogP contribution >= 0.6 is 0 Å². The van der Waals surface area contributed by atoms with Gasteiger partial charge in [-0.1, -0.05) is 12.1 Å². The molecule has 0 atom stereocenters. The van der Waals surface area contributed by atoms with E-state index >= 15 is 0 Å². The van der Waals surface area contributed by atoms with E-state index in [4.69, 9.17) is 0 Å². The molecule has 0 saturated carbocycles. The summed E-state index contributed by atoms with van der Waals surface area (Å²) in [5.74, 6) is -0.691. The van der Waals surface area contributed by atoms with Gasteiger partial charge in [0.1, 0.15) is 11.5 Å². The van der Waals surface area contributed by atoms with Crippen molar-refractivity contribution in [2.75, 3.05) is 0 Å². The molecule has 1 heterocycles. The lowest BCUT2D eigenvalue weighted by Crippen LogP contribution is -2.17. The van der Waals surface area contributed by atoms with Crippen LogP contribution in [-0.2, 0) is 0 Å². The summed E-state index contributed by atoms with van der Waals surface area (Å²) in [6.07, 6.45) is -3.72. The average Bonchev–Trinajstić information content (AvgIpc) is 2.37. The summed E-state index contributed by atoms with van der Waals surface area (Å²) in [6, 6.07) is 7.53. The molecule has 0 aliphatic carbocycles. The summed E-state index contributed by atoms with van der Waals surface area (Å²) in [5, 5.41) is 0. The quantitative estimate of drug-likeness (QED) is 0.791. The molecular weight excluding hydrogens is 297 g/mol. The van der Waals surface area contributed by atoms with Crippen LogP contribution in [0.3, 0.4) is 0 Å². The van der Waals surface area contributed by atoms with Crippen molar-refractivity contribution in [2.24, 2.45) is 0 Å². The first kappa shape index (κ1) is 15.0. The van der Waals surface area contributed by atoms with Crippen LogP contribution in [0.1, 0.15) is 0 Å². The van der Waals surface area contributed by atoms with Gasteiger partial charge in [0.25, 0.3) is 0 Å². The largest absolute Gasteiger partial charge is 0.573 e. The maximum atomic E-state index is 12.3. The van der Waals surface area contributed by atoms with Crippen molar-refractivity contribution < 1.29 is 31.4 Å². The van der Waals surface area contributed by atoms with Crippen molar-refractivity contribution in [2.45, 2.75) is 13.0 Å². The molecule has 3 nitrogen and oxygen atoms in total. The van der Waals surface area contributed by atoms with Gasteiger partial charge in [-0.15, -0.1) is 13.2 Å². The highest BCUT2D eigenvalue weighted by Gasteiger charge is 2.32. The van der Waals surface area contributed by atoms with Crippen LogP contribution in [0.2, 0.25) is 0 Å². The number of rotatable bonds is 4. The van der Waals surface area contributed by atoms with Crippen LogP contribution in [-0.4, -0.2) is 18.0 Å². The van der Waals surface area contributed by atoms with Gasteiger partial charge in [0.05, 0.1) is 5.69 Å². The molecule has 8 heteroatoms. The number of hydrogen-bond donors (Lipinski definition) is 0. The molecule has 112 valence electrons. The number of pyridine rings is 1. The Kier molecular flexibility index (Phi) is 4.25. The molecule has 0 fully saturated rings. The lowest BCUT2D eigenvalue weighted by Gasteiger charge is -2.13. The van der Waals surface area contributed by atoms with E-state index in [-0.39, 0.29) is 17.0 Å². The second-order valence-electron chi connectivity index (χ2n) is 3.80. The Hall–Kier alpha value is -2.38. The Balaban J connectivity index is 2.38. The zero-order chi connectivity index (χ0) is 15.5. The number of aromatic nitrogens is 1. The Bertz CT molecular complexity index is 616. The summed E-state index contributed by atoms with van der Waals surface area (Å²) in [6.45, 7) is -3.04. The lowest BCUT2D eigenvalue weighted by atomic mass is 10.1. The van der Waals surface area contributed by atoms with Crippen molar-refractivity contribution in [3.8, 4) is 22.8 Å². The molecule has 0 amide bonds. The van der Waals surface area contributed by atoms with Gasteiger partial charge in [0.2, 0.25) is 0 Å². The fourth-order valence-electron chi connectivity index (χ4n) is 1.63. The van der Waals surface area contributed by atoms with E-state index in [1.54, 1.807) is 0 Å². The minimum atomic E-state index is -4.87. The number of nitrogens with zero attached hydrogens (tertiary/aromatic N) is 1. The maximum absolute atomic E-state index is 12.3. The van der Waals surface area contributed by atoms with Gasteiger partial charge in [-0.2, -0.15) is 8.78 Å². The van der Waals surface area contributed by atoms with E-state index in [1.807, 2.05) is 0 Å². The third-order valence-corrected chi connectivity index (χ3v) is 2.35. The molecule has 0 N–H and O–H groups in total. The highest BCUT2D eigenvalue weighted by molar-refractivity contribution is 5.68. The lowest BCUT2D eigenvalue weighted by molar-refractivity contribution is -0.274. The van der Waals surface area contributed by atoms with Crippen molar-refractivity contribution >= 4 is 0 Å². The van der Waals surface area contributed by atoms with Gasteiger partial charge in [0, 0.05) is 17.8 Å². The predicted octanol–water partition coefficient (Wildman–Crippen LogP) is 4.25. The molecule has 0 saturated heterocycles. The van der Waals surface area contributed by atoms with E-state index in [2.05, 4.69) is 14.5 Å². The first-order valence-corrected chi connectivity index (χ1v) is 5.61. The number of ether oxygens (including phenoxy) is 2. The molecule has 1 aromatic carbocycles. The monoisotopic (exact) mass is 305 g/mol. The SMILES string of the molecule is FC(F)Oc1ccnc(-c2ccccc2OC(F)(F)F)c1.